The Labute approximate surface area is 232 Å². The lowest BCUT2D eigenvalue weighted by molar-refractivity contribution is 0.128. The fourth-order valence-corrected chi connectivity index (χ4v) is 5.16. The smallest absolute Gasteiger partial charge is 0.241 e. The molecule has 2 N–H and O–H groups in total. The van der Waals surface area contributed by atoms with E-state index in [9.17, 15) is 10.4 Å². The van der Waals surface area contributed by atoms with E-state index in [1.165, 1.54) is 0 Å². The highest BCUT2D eigenvalue weighted by Crippen LogP contribution is 2.35. The molecule has 12 heteroatoms. The van der Waals surface area contributed by atoms with Crippen LogP contribution in [0.25, 0.3) is 34.3 Å². The van der Waals surface area contributed by atoms with Crippen LogP contribution in [0.3, 0.4) is 0 Å². The topological polar surface area (TPSA) is 143 Å². The van der Waals surface area contributed by atoms with Gasteiger partial charge in [0.2, 0.25) is 11.8 Å². The monoisotopic (exact) mass is 545 g/mol. The number of aliphatic hydroxyl groups is 1. The van der Waals surface area contributed by atoms with Gasteiger partial charge >= 0.3 is 0 Å². The molecule has 5 heterocycles. The Morgan fingerprint density at radius 2 is 2.12 bits per heavy atom. The summed E-state index contributed by atoms with van der Waals surface area (Å²) in [5, 5.41) is 36.7. The number of aliphatic hydroxyl groups excluding tert-OH is 1. The maximum atomic E-state index is 9.80. The molecule has 0 saturated carbocycles. The lowest BCUT2D eigenvalue weighted by Gasteiger charge is -2.27. The number of ether oxygens (including phenoxy) is 2. The van der Waals surface area contributed by atoms with Crippen LogP contribution in [0.15, 0.2) is 12.3 Å². The van der Waals surface area contributed by atoms with Crippen molar-refractivity contribution < 1.29 is 14.6 Å². The second-order valence-corrected chi connectivity index (χ2v) is 10.0. The van der Waals surface area contributed by atoms with Crippen LogP contribution in [-0.2, 0) is 20.1 Å². The number of rotatable bonds is 7. The van der Waals surface area contributed by atoms with Gasteiger partial charge in [-0.1, -0.05) is 13.3 Å². The summed E-state index contributed by atoms with van der Waals surface area (Å²) < 4.78 is 15.8. The van der Waals surface area contributed by atoms with Crippen LogP contribution >= 0.6 is 0 Å². The first kappa shape index (κ1) is 27.4. The maximum absolute atomic E-state index is 9.80. The van der Waals surface area contributed by atoms with Gasteiger partial charge in [-0.2, -0.15) is 15.5 Å². The molecule has 12 nitrogen and oxygen atoms in total. The summed E-state index contributed by atoms with van der Waals surface area (Å²) in [4.78, 5) is 7.04. The van der Waals surface area contributed by atoms with E-state index >= 15 is 0 Å². The second-order valence-electron chi connectivity index (χ2n) is 10.0. The first-order chi connectivity index (χ1) is 19.4. The Morgan fingerprint density at radius 3 is 2.90 bits per heavy atom. The number of nitrogens with zero attached hydrogens (tertiary/aromatic N) is 8. The minimum absolute atomic E-state index is 0.0770. The van der Waals surface area contributed by atoms with Gasteiger partial charge in [0.25, 0.3) is 0 Å². The number of nitrogens with one attached hydrogen (secondary N) is 1. The largest absolute Gasteiger partial charge is 0.473 e. The SMILES string of the molecule is CCCCN1Cc2c(c(OCC#N)nn2CCO)/C=C/c2n[nH]c3cnc(cc23)-c2c(C)nn(C)c2OC(C)C1. The second kappa shape index (κ2) is 11.9. The molecule has 210 valence electrons. The average Bonchev–Trinajstić information content (AvgIpc) is 3.57. The summed E-state index contributed by atoms with van der Waals surface area (Å²) in [7, 11) is 1.88. The van der Waals surface area contributed by atoms with Gasteiger partial charge < -0.3 is 14.6 Å². The Morgan fingerprint density at radius 1 is 1.27 bits per heavy atom. The molecule has 4 aromatic heterocycles. The highest BCUT2D eigenvalue weighted by Gasteiger charge is 2.25. The maximum Gasteiger partial charge on any atom is 0.241 e. The molecule has 2 bridgehead atoms. The highest BCUT2D eigenvalue weighted by molar-refractivity contribution is 5.92. The lowest BCUT2D eigenvalue weighted by atomic mass is 10.1. The number of pyridine rings is 1. The van der Waals surface area contributed by atoms with Gasteiger partial charge in [-0.25, -0.2) is 4.68 Å². The molecule has 0 amide bonds. The van der Waals surface area contributed by atoms with E-state index < -0.39 is 0 Å². The molecule has 4 aromatic rings. The molecule has 0 spiro atoms. The number of aromatic nitrogens is 7. The third-order valence-corrected chi connectivity index (χ3v) is 6.99. The van der Waals surface area contributed by atoms with Crippen molar-refractivity contribution in [2.24, 2.45) is 7.05 Å². The van der Waals surface area contributed by atoms with Crippen molar-refractivity contribution in [1.29, 1.82) is 5.26 Å². The normalized spacial score (nSPS) is 16.6. The molecule has 1 aliphatic heterocycles. The van der Waals surface area contributed by atoms with Crippen molar-refractivity contribution in [3.63, 3.8) is 0 Å². The average molecular weight is 546 g/mol. The first-order valence-electron chi connectivity index (χ1n) is 13.6. The molecular weight excluding hydrogens is 510 g/mol. The predicted molar refractivity (Wildman–Crippen MR) is 150 cm³/mol. The summed E-state index contributed by atoms with van der Waals surface area (Å²) >= 11 is 0. The van der Waals surface area contributed by atoms with Gasteiger partial charge in [-0.15, -0.1) is 5.10 Å². The van der Waals surface area contributed by atoms with Crippen LogP contribution in [0.2, 0.25) is 0 Å². The van der Waals surface area contributed by atoms with Crippen LogP contribution in [0.4, 0.5) is 0 Å². The zero-order valence-electron chi connectivity index (χ0n) is 23.4. The minimum atomic E-state index is -0.161. The van der Waals surface area contributed by atoms with Crippen LogP contribution < -0.4 is 9.47 Å². The van der Waals surface area contributed by atoms with E-state index in [0.717, 1.165) is 64.2 Å². The third-order valence-electron chi connectivity index (χ3n) is 6.99. The number of fused-ring (bicyclic) bond motifs is 4. The lowest BCUT2D eigenvalue weighted by Crippen LogP contribution is -2.35. The number of nitriles is 1. The Balaban J connectivity index is 1.70. The molecule has 1 unspecified atom stereocenters. The highest BCUT2D eigenvalue weighted by atomic mass is 16.5. The molecule has 0 aliphatic carbocycles. The van der Waals surface area contributed by atoms with E-state index in [4.69, 9.17) is 14.5 Å². The van der Waals surface area contributed by atoms with Crippen LogP contribution in [-0.4, -0.2) is 77.2 Å². The van der Waals surface area contributed by atoms with Gasteiger partial charge in [0.15, 0.2) is 6.61 Å². The van der Waals surface area contributed by atoms with E-state index in [1.807, 2.05) is 38.3 Å². The van der Waals surface area contributed by atoms with Crippen molar-refractivity contribution in [1.82, 2.24) is 39.6 Å². The minimum Gasteiger partial charge on any atom is -0.473 e. The first-order valence-corrected chi connectivity index (χ1v) is 13.6. The Bertz CT molecular complexity index is 1560. The zero-order valence-corrected chi connectivity index (χ0v) is 23.4. The standard InChI is InChI=1S/C28H35N9O3/c1-5-6-10-36-16-18(2)40-28-26(19(3)33-35(28)4)23-14-21-22(31-32-24(21)15-30-23)8-7-20-25(17-36)37(11-12-38)34-27(20)39-13-9-29/h7-8,14-15,18,38H,5-6,10-13,16-17H2,1-4H3,(H,31,32)/b8-7+. The fraction of sp³-hybridized carbons (Fsp3) is 0.464. The van der Waals surface area contributed by atoms with Crippen molar-refractivity contribution in [2.75, 3.05) is 26.3 Å². The molecular formula is C28H35N9O3. The Kier molecular flexibility index (Phi) is 8.14. The number of unbranched alkanes of at least 4 members (excludes halogenated alkanes) is 1. The summed E-state index contributed by atoms with van der Waals surface area (Å²) in [6, 6.07) is 4.02. The summed E-state index contributed by atoms with van der Waals surface area (Å²) in [6.45, 7) is 8.34. The summed E-state index contributed by atoms with van der Waals surface area (Å²) in [5.41, 5.74) is 5.60. The number of aryl methyl sites for hydroxylation is 2. The number of H-pyrrole nitrogens is 1. The van der Waals surface area contributed by atoms with Crippen molar-refractivity contribution in [2.45, 2.75) is 52.8 Å². The molecule has 40 heavy (non-hydrogen) atoms. The molecule has 0 fully saturated rings. The molecule has 1 aliphatic rings. The summed E-state index contributed by atoms with van der Waals surface area (Å²) in [6.07, 6.45) is 7.51. The van der Waals surface area contributed by atoms with Crippen LogP contribution in [0.5, 0.6) is 11.8 Å². The third kappa shape index (κ3) is 5.43. The van der Waals surface area contributed by atoms with E-state index in [1.54, 1.807) is 15.6 Å². The Hall–Kier alpha value is -4.21. The van der Waals surface area contributed by atoms with Gasteiger partial charge in [0, 0.05) is 25.5 Å². The fourth-order valence-electron chi connectivity index (χ4n) is 5.16. The molecule has 0 radical (unpaired) electrons. The van der Waals surface area contributed by atoms with Crippen molar-refractivity contribution in [3.05, 3.63) is 34.9 Å². The quantitative estimate of drug-likeness (QED) is 0.357. The van der Waals surface area contributed by atoms with E-state index in [-0.39, 0.29) is 19.3 Å². The number of aromatic amines is 1. The molecule has 0 saturated heterocycles. The zero-order chi connectivity index (χ0) is 28.2. The van der Waals surface area contributed by atoms with Crippen molar-refractivity contribution in [3.8, 4) is 29.1 Å². The van der Waals surface area contributed by atoms with Crippen molar-refractivity contribution >= 4 is 23.1 Å². The number of hydrogen-bond acceptors (Lipinski definition) is 9. The molecule has 5 rings (SSSR count). The van der Waals surface area contributed by atoms with E-state index in [2.05, 4.69) is 39.1 Å². The van der Waals surface area contributed by atoms with Gasteiger partial charge in [0.05, 0.1) is 58.8 Å². The van der Waals surface area contributed by atoms with Gasteiger partial charge in [0.1, 0.15) is 12.2 Å². The molecule has 0 aromatic carbocycles. The number of hydrogen-bond donors (Lipinski definition) is 2. The van der Waals surface area contributed by atoms with E-state index in [0.29, 0.717) is 31.4 Å². The van der Waals surface area contributed by atoms with Gasteiger partial charge in [-0.3, -0.25) is 19.7 Å². The molecule has 1 atom stereocenters. The van der Waals surface area contributed by atoms with Crippen LogP contribution in [0, 0.1) is 18.3 Å². The van der Waals surface area contributed by atoms with Crippen LogP contribution in [0.1, 0.15) is 49.3 Å². The predicted octanol–water partition coefficient (Wildman–Crippen LogP) is 3.31. The summed E-state index contributed by atoms with van der Waals surface area (Å²) in [5.74, 6) is 1.02. The van der Waals surface area contributed by atoms with Gasteiger partial charge in [-0.05, 0) is 45.0 Å².